The molecule has 6 heteroatoms. The van der Waals surface area contributed by atoms with Crippen LogP contribution in [0.1, 0.15) is 16.1 Å². The molecule has 0 aliphatic heterocycles. The van der Waals surface area contributed by atoms with E-state index in [0.717, 1.165) is 20.3 Å². The lowest BCUT2D eigenvalue weighted by Crippen LogP contribution is -2.09. The van der Waals surface area contributed by atoms with Crippen molar-refractivity contribution < 1.29 is 19.1 Å². The highest BCUT2D eigenvalue weighted by Gasteiger charge is 2.49. The molecule has 0 bridgehead atoms. The summed E-state index contributed by atoms with van der Waals surface area (Å²) >= 11 is 4.87. The molecule has 2 atom stereocenters. The lowest BCUT2D eigenvalue weighted by Gasteiger charge is -2.01. The maximum Gasteiger partial charge on any atom is 0.309 e. The zero-order chi connectivity index (χ0) is 15.1. The molecule has 0 spiro atoms. The molecule has 110 valence electrons. The summed E-state index contributed by atoms with van der Waals surface area (Å²) < 4.78 is 11.8. The predicted octanol–water partition coefficient (Wildman–Crippen LogP) is 3.66. The van der Waals surface area contributed by atoms with Gasteiger partial charge < -0.3 is 9.47 Å². The topological polar surface area (TPSA) is 52.6 Å². The third-order valence-electron chi connectivity index (χ3n) is 3.66. The molecule has 1 saturated carbocycles. The van der Waals surface area contributed by atoms with Gasteiger partial charge in [0, 0.05) is 10.6 Å². The van der Waals surface area contributed by atoms with Gasteiger partial charge in [0.1, 0.15) is 5.75 Å². The molecule has 21 heavy (non-hydrogen) atoms. The van der Waals surface area contributed by atoms with E-state index in [0.29, 0.717) is 11.3 Å². The van der Waals surface area contributed by atoms with Crippen LogP contribution >= 0.6 is 27.3 Å². The van der Waals surface area contributed by atoms with E-state index in [2.05, 4.69) is 20.7 Å². The highest BCUT2D eigenvalue weighted by atomic mass is 79.9. The number of benzene rings is 1. The first-order valence-corrected chi connectivity index (χ1v) is 8.05. The van der Waals surface area contributed by atoms with Crippen molar-refractivity contribution in [1.82, 2.24) is 0 Å². The van der Waals surface area contributed by atoms with E-state index in [4.69, 9.17) is 4.74 Å². The molecule has 1 fully saturated rings. The Kier molecular flexibility index (Phi) is 3.75. The van der Waals surface area contributed by atoms with Gasteiger partial charge in [-0.25, -0.2) is 0 Å². The molecular formula is C15H13BrO4S. The first-order chi connectivity index (χ1) is 10.0. The monoisotopic (exact) mass is 368 g/mol. The van der Waals surface area contributed by atoms with Gasteiger partial charge in [0.15, 0.2) is 5.78 Å². The van der Waals surface area contributed by atoms with E-state index >= 15 is 0 Å². The number of fused-ring (bicyclic) bond motifs is 1. The minimum absolute atomic E-state index is 0.0293. The van der Waals surface area contributed by atoms with Gasteiger partial charge in [-0.2, -0.15) is 0 Å². The molecule has 3 rings (SSSR count). The van der Waals surface area contributed by atoms with Crippen LogP contribution in [0, 0.1) is 11.8 Å². The van der Waals surface area contributed by atoms with Gasteiger partial charge >= 0.3 is 5.97 Å². The Balaban J connectivity index is 1.88. The number of esters is 1. The fourth-order valence-electron chi connectivity index (χ4n) is 2.40. The Morgan fingerprint density at radius 2 is 2.00 bits per heavy atom. The van der Waals surface area contributed by atoms with E-state index in [1.807, 2.05) is 18.2 Å². The Morgan fingerprint density at radius 1 is 1.24 bits per heavy atom. The maximum absolute atomic E-state index is 12.4. The number of halogens is 1. The van der Waals surface area contributed by atoms with Crippen molar-refractivity contribution in [2.45, 2.75) is 6.42 Å². The number of carbonyl (C=O) groups is 2. The molecule has 4 nitrogen and oxygen atoms in total. The molecule has 2 aromatic rings. The van der Waals surface area contributed by atoms with Crippen LogP contribution in [0.5, 0.6) is 5.75 Å². The number of ether oxygens (including phenoxy) is 2. The van der Waals surface area contributed by atoms with Crippen molar-refractivity contribution in [3.63, 3.8) is 0 Å². The second-order valence-corrected chi connectivity index (χ2v) is 6.91. The van der Waals surface area contributed by atoms with Crippen LogP contribution in [-0.2, 0) is 9.53 Å². The Hall–Kier alpha value is -1.40. The fourth-order valence-corrected chi connectivity index (χ4v) is 4.00. The van der Waals surface area contributed by atoms with Crippen LogP contribution < -0.4 is 4.74 Å². The molecule has 1 aromatic heterocycles. The number of hydrogen-bond donors (Lipinski definition) is 0. The summed E-state index contributed by atoms with van der Waals surface area (Å²) in [5, 5.41) is 0.992. The highest BCUT2D eigenvalue weighted by Crippen LogP contribution is 2.44. The molecule has 1 aliphatic carbocycles. The standard InChI is InChI=1S/C15H13BrO4S/c1-19-11-6-12-7(3-10(11)16)4-13(21-12)14(17)8-5-9(8)15(18)20-2/h3-4,6,8-9H,5H2,1-2H3/t8-,9-/m0/s1. The molecular weight excluding hydrogens is 356 g/mol. The van der Waals surface area contributed by atoms with Gasteiger partial charge in [0.05, 0.1) is 29.5 Å². The van der Waals surface area contributed by atoms with Crippen LogP contribution in [-0.4, -0.2) is 26.0 Å². The minimum atomic E-state index is -0.293. The first-order valence-electron chi connectivity index (χ1n) is 6.44. The second kappa shape index (κ2) is 5.42. The van der Waals surface area contributed by atoms with E-state index in [1.165, 1.54) is 18.4 Å². The van der Waals surface area contributed by atoms with E-state index in [9.17, 15) is 9.59 Å². The summed E-state index contributed by atoms with van der Waals surface area (Å²) in [6, 6.07) is 5.72. The number of thiophene rings is 1. The third-order valence-corrected chi connectivity index (χ3v) is 5.40. The zero-order valence-corrected chi connectivity index (χ0v) is 13.9. The average Bonchev–Trinajstić information content (AvgIpc) is 3.18. The number of hydrogen-bond acceptors (Lipinski definition) is 5. The van der Waals surface area contributed by atoms with Gasteiger partial charge in [-0.05, 0) is 45.9 Å². The van der Waals surface area contributed by atoms with Crippen molar-refractivity contribution in [2.24, 2.45) is 11.8 Å². The number of rotatable bonds is 4. The molecule has 0 saturated heterocycles. The summed E-state index contributed by atoms with van der Waals surface area (Å²) in [5.41, 5.74) is 0. The SMILES string of the molecule is COC(=O)[C@H]1C[C@@H]1C(=O)c1cc2cc(Br)c(OC)cc2s1. The average molecular weight is 369 g/mol. The summed E-state index contributed by atoms with van der Waals surface area (Å²) in [6.07, 6.45) is 0.590. The van der Waals surface area contributed by atoms with Crippen LogP contribution in [0.15, 0.2) is 22.7 Å². The molecule has 0 amide bonds. The van der Waals surface area contributed by atoms with E-state index in [-0.39, 0.29) is 23.6 Å². The van der Waals surface area contributed by atoms with E-state index in [1.54, 1.807) is 7.11 Å². The molecule has 0 radical (unpaired) electrons. The van der Waals surface area contributed by atoms with E-state index < -0.39 is 0 Å². The number of carbonyl (C=O) groups excluding carboxylic acids is 2. The highest BCUT2D eigenvalue weighted by molar-refractivity contribution is 9.10. The minimum Gasteiger partial charge on any atom is -0.496 e. The third kappa shape index (κ3) is 2.58. The molecule has 1 heterocycles. The quantitative estimate of drug-likeness (QED) is 0.610. The van der Waals surface area contributed by atoms with Crippen molar-refractivity contribution in [3.05, 3.63) is 27.5 Å². The summed E-state index contributed by atoms with van der Waals surface area (Å²) in [6.45, 7) is 0. The van der Waals surface area contributed by atoms with Crippen LogP contribution in [0.3, 0.4) is 0 Å². The normalized spacial score (nSPS) is 20.3. The number of Topliss-reactive ketones (excluding diaryl/α,β-unsaturated/α-hetero) is 1. The van der Waals surface area contributed by atoms with Gasteiger partial charge in [0.25, 0.3) is 0 Å². The van der Waals surface area contributed by atoms with Crippen molar-refractivity contribution in [3.8, 4) is 5.75 Å². The Labute approximate surface area is 134 Å². The van der Waals surface area contributed by atoms with Crippen molar-refractivity contribution >= 4 is 49.1 Å². The lowest BCUT2D eigenvalue weighted by molar-refractivity contribution is -0.142. The largest absolute Gasteiger partial charge is 0.496 e. The van der Waals surface area contributed by atoms with Gasteiger partial charge in [-0.3, -0.25) is 9.59 Å². The first kappa shape index (κ1) is 14.5. The predicted molar refractivity (Wildman–Crippen MR) is 84.0 cm³/mol. The summed E-state index contributed by atoms with van der Waals surface area (Å²) in [7, 11) is 2.96. The Bertz CT molecular complexity index is 737. The Morgan fingerprint density at radius 3 is 2.67 bits per heavy atom. The molecule has 0 unspecified atom stereocenters. The summed E-state index contributed by atoms with van der Waals surface area (Å²) in [5.74, 6) is -0.0207. The van der Waals surface area contributed by atoms with Gasteiger partial charge in [0.2, 0.25) is 0 Å². The van der Waals surface area contributed by atoms with Gasteiger partial charge in [-0.15, -0.1) is 11.3 Å². The van der Waals surface area contributed by atoms with Crippen LogP contribution in [0.4, 0.5) is 0 Å². The van der Waals surface area contributed by atoms with Crippen LogP contribution in [0.25, 0.3) is 10.1 Å². The van der Waals surface area contributed by atoms with Crippen molar-refractivity contribution in [1.29, 1.82) is 0 Å². The molecule has 1 aliphatic rings. The smallest absolute Gasteiger partial charge is 0.309 e. The molecule has 0 N–H and O–H groups in total. The number of ketones is 1. The maximum atomic E-state index is 12.4. The zero-order valence-electron chi connectivity index (χ0n) is 11.5. The fraction of sp³-hybridized carbons (Fsp3) is 0.333. The van der Waals surface area contributed by atoms with Crippen molar-refractivity contribution in [2.75, 3.05) is 14.2 Å². The second-order valence-electron chi connectivity index (χ2n) is 4.97. The molecule has 1 aromatic carbocycles. The summed E-state index contributed by atoms with van der Waals surface area (Å²) in [4.78, 5) is 24.5. The van der Waals surface area contributed by atoms with Crippen LogP contribution in [0.2, 0.25) is 0 Å². The van der Waals surface area contributed by atoms with Gasteiger partial charge in [-0.1, -0.05) is 0 Å². The lowest BCUT2D eigenvalue weighted by atomic mass is 10.1. The number of methoxy groups -OCH3 is 2.